The van der Waals surface area contributed by atoms with E-state index in [9.17, 15) is 18.0 Å². The fourth-order valence-corrected chi connectivity index (χ4v) is 5.93. The van der Waals surface area contributed by atoms with Gasteiger partial charge in [-0.1, -0.05) is 13.8 Å². The molecule has 0 spiro atoms. The van der Waals surface area contributed by atoms with Crippen LogP contribution in [-0.4, -0.2) is 85.0 Å². The summed E-state index contributed by atoms with van der Waals surface area (Å²) in [7, 11) is 0.976. The van der Waals surface area contributed by atoms with Crippen LogP contribution in [0.25, 0.3) is 0 Å². The third-order valence-corrected chi connectivity index (χ3v) is 8.27. The quantitative estimate of drug-likeness (QED) is 0.602. The predicted octanol–water partition coefficient (Wildman–Crippen LogP) is 2.35. The summed E-state index contributed by atoms with van der Waals surface area (Å²) in [4.78, 5) is 31.1. The second-order valence-electron chi connectivity index (χ2n) is 9.56. The van der Waals surface area contributed by atoms with Crippen molar-refractivity contribution in [2.75, 3.05) is 39.2 Å². The molecule has 2 aromatic rings. The molecule has 2 heterocycles. The molecule has 11 nitrogen and oxygen atoms in total. The van der Waals surface area contributed by atoms with Crippen LogP contribution in [0.5, 0.6) is 5.75 Å². The summed E-state index contributed by atoms with van der Waals surface area (Å²) in [6, 6.07) is 4.27. The van der Waals surface area contributed by atoms with Crippen molar-refractivity contribution >= 4 is 27.5 Å². The highest BCUT2D eigenvalue weighted by Crippen LogP contribution is 2.28. The zero-order valence-electron chi connectivity index (χ0n) is 22.3. The average Bonchev–Trinajstić information content (AvgIpc) is 3.30. The smallest absolute Gasteiger partial charge is 0.262 e. The Morgan fingerprint density at radius 2 is 1.97 bits per heavy atom. The zero-order valence-corrected chi connectivity index (χ0v) is 23.1. The molecule has 3 atom stereocenters. The molecule has 1 aromatic heterocycles. The minimum absolute atomic E-state index is 0.0210. The number of nitrogens with one attached hydrogen (secondary N) is 1. The summed E-state index contributed by atoms with van der Waals surface area (Å²) in [6.07, 6.45) is 3.56. The van der Waals surface area contributed by atoms with Crippen LogP contribution in [0.3, 0.4) is 0 Å². The zero-order chi connectivity index (χ0) is 27.3. The molecule has 204 valence electrons. The Bertz CT molecular complexity index is 1210. The Morgan fingerprint density at radius 3 is 2.59 bits per heavy atom. The molecule has 0 fully saturated rings. The second-order valence-corrected chi connectivity index (χ2v) is 11.4. The molecule has 0 saturated carbocycles. The second kappa shape index (κ2) is 12.1. The molecule has 1 aliphatic rings. The summed E-state index contributed by atoms with van der Waals surface area (Å²) >= 11 is 0. The van der Waals surface area contributed by atoms with Crippen LogP contribution in [0.2, 0.25) is 0 Å². The van der Waals surface area contributed by atoms with Crippen molar-refractivity contribution in [1.29, 1.82) is 0 Å². The maximum Gasteiger partial charge on any atom is 0.262 e. The van der Waals surface area contributed by atoms with E-state index < -0.39 is 22.2 Å². The van der Waals surface area contributed by atoms with Crippen LogP contribution >= 0.6 is 0 Å². The van der Waals surface area contributed by atoms with E-state index in [1.165, 1.54) is 21.7 Å². The Kier molecular flexibility index (Phi) is 9.32. The van der Waals surface area contributed by atoms with Gasteiger partial charge in [0.05, 0.1) is 24.0 Å². The largest absolute Gasteiger partial charge is 0.491 e. The third kappa shape index (κ3) is 6.68. The number of carbonyl (C=O) groups is 2. The number of ether oxygens (including phenoxy) is 2. The molecule has 0 radical (unpaired) electrons. The number of sulfonamides is 1. The molecule has 0 saturated heterocycles. The number of aryl methyl sites for hydroxylation is 1. The number of anilines is 1. The van der Waals surface area contributed by atoms with Gasteiger partial charge in [-0.05, 0) is 31.4 Å². The van der Waals surface area contributed by atoms with E-state index in [0.29, 0.717) is 24.1 Å². The van der Waals surface area contributed by atoms with Crippen LogP contribution in [0.4, 0.5) is 5.69 Å². The standard InChI is InChI=1S/C25H37N5O6S/c1-7-8-23(31)27-19-9-10-20-21(11-19)36-15-18(3)30(37(33,34)24-14-28(4)16-26-24)12-17(2)22(35-6)13-29(5)25(20)32/h9-11,14,16-18,22H,7-8,12-13,15H2,1-6H3,(H,27,31)/t17-,18-,22-/m0/s1. The van der Waals surface area contributed by atoms with E-state index in [-0.39, 0.29) is 48.2 Å². The summed E-state index contributed by atoms with van der Waals surface area (Å²) < 4.78 is 41.9. The van der Waals surface area contributed by atoms with Gasteiger partial charge >= 0.3 is 0 Å². The van der Waals surface area contributed by atoms with Crippen molar-refractivity contribution in [3.05, 3.63) is 36.3 Å². The van der Waals surface area contributed by atoms with Crippen LogP contribution in [0, 0.1) is 5.92 Å². The van der Waals surface area contributed by atoms with Gasteiger partial charge in [-0.2, -0.15) is 4.31 Å². The normalized spacial score (nSPS) is 21.9. The van der Waals surface area contributed by atoms with E-state index in [0.717, 1.165) is 0 Å². The first-order valence-electron chi connectivity index (χ1n) is 12.3. The van der Waals surface area contributed by atoms with Gasteiger partial charge in [0.15, 0.2) is 5.03 Å². The molecule has 1 aliphatic heterocycles. The number of hydrogen-bond donors (Lipinski definition) is 1. The molecule has 1 N–H and O–H groups in total. The number of imidazole rings is 1. The number of fused-ring (bicyclic) bond motifs is 1. The number of methoxy groups -OCH3 is 1. The Morgan fingerprint density at radius 1 is 1.24 bits per heavy atom. The highest BCUT2D eigenvalue weighted by Gasteiger charge is 2.35. The molecule has 0 bridgehead atoms. The highest BCUT2D eigenvalue weighted by atomic mass is 32.2. The number of rotatable bonds is 6. The van der Waals surface area contributed by atoms with Gasteiger partial charge in [-0.3, -0.25) is 9.59 Å². The van der Waals surface area contributed by atoms with E-state index >= 15 is 0 Å². The van der Waals surface area contributed by atoms with Gasteiger partial charge in [0.2, 0.25) is 5.91 Å². The molecule has 0 unspecified atom stereocenters. The van der Waals surface area contributed by atoms with Crippen molar-refractivity contribution in [3.8, 4) is 5.75 Å². The minimum atomic E-state index is -3.95. The monoisotopic (exact) mass is 535 g/mol. The van der Waals surface area contributed by atoms with E-state index in [1.807, 2.05) is 13.8 Å². The first-order valence-corrected chi connectivity index (χ1v) is 13.8. The fraction of sp³-hybridized carbons (Fsp3) is 0.560. The molecule has 2 amide bonds. The lowest BCUT2D eigenvalue weighted by atomic mass is 10.0. The van der Waals surface area contributed by atoms with Crippen molar-refractivity contribution in [2.24, 2.45) is 13.0 Å². The van der Waals surface area contributed by atoms with E-state index in [2.05, 4.69) is 10.3 Å². The molecule has 12 heteroatoms. The summed E-state index contributed by atoms with van der Waals surface area (Å²) in [5.41, 5.74) is 0.805. The molecule has 1 aromatic carbocycles. The van der Waals surface area contributed by atoms with Crippen LogP contribution in [-0.2, 0) is 26.6 Å². The number of amides is 2. The maximum absolute atomic E-state index is 13.6. The minimum Gasteiger partial charge on any atom is -0.491 e. The summed E-state index contributed by atoms with van der Waals surface area (Å²) in [5, 5.41) is 2.76. The number of hydrogen-bond acceptors (Lipinski definition) is 7. The lowest BCUT2D eigenvalue weighted by Crippen LogP contribution is -2.48. The van der Waals surface area contributed by atoms with Crippen molar-refractivity contribution in [2.45, 2.75) is 50.8 Å². The number of aromatic nitrogens is 2. The topological polar surface area (TPSA) is 123 Å². The van der Waals surface area contributed by atoms with Crippen molar-refractivity contribution in [1.82, 2.24) is 18.8 Å². The molecular weight excluding hydrogens is 498 g/mol. The van der Waals surface area contributed by atoms with Gasteiger partial charge < -0.3 is 24.3 Å². The third-order valence-electron chi connectivity index (χ3n) is 6.40. The van der Waals surface area contributed by atoms with Gasteiger partial charge in [-0.15, -0.1) is 0 Å². The number of carbonyl (C=O) groups excluding carboxylic acids is 2. The molecule has 3 rings (SSSR count). The predicted molar refractivity (Wildman–Crippen MR) is 139 cm³/mol. The van der Waals surface area contributed by atoms with Gasteiger partial charge in [0, 0.05) is 58.7 Å². The fourth-order valence-electron chi connectivity index (χ4n) is 4.24. The first-order chi connectivity index (χ1) is 17.5. The SMILES string of the molecule is CCCC(=O)Nc1ccc2c(c1)OC[C@H](C)N(S(=O)(=O)c1cn(C)cn1)C[C@H](C)[C@@H](OC)CN(C)C2=O. The Labute approximate surface area is 218 Å². The Hall–Kier alpha value is -2.96. The molecule has 37 heavy (non-hydrogen) atoms. The van der Waals surface area contributed by atoms with Crippen LogP contribution in [0.1, 0.15) is 44.0 Å². The van der Waals surface area contributed by atoms with Crippen LogP contribution < -0.4 is 10.1 Å². The van der Waals surface area contributed by atoms with Gasteiger partial charge in [-0.25, -0.2) is 13.4 Å². The number of nitrogens with zero attached hydrogens (tertiary/aromatic N) is 4. The molecular formula is C25H37N5O6S. The summed E-state index contributed by atoms with van der Waals surface area (Å²) in [5.74, 6) is -0.383. The lowest BCUT2D eigenvalue weighted by molar-refractivity contribution is -0.116. The van der Waals surface area contributed by atoms with Crippen LogP contribution in [0.15, 0.2) is 35.7 Å². The van der Waals surface area contributed by atoms with Crippen molar-refractivity contribution < 1.29 is 27.5 Å². The highest BCUT2D eigenvalue weighted by molar-refractivity contribution is 7.89. The first kappa shape index (κ1) is 28.6. The van der Waals surface area contributed by atoms with Gasteiger partial charge in [0.1, 0.15) is 12.4 Å². The Balaban J connectivity index is 2.02. The van der Waals surface area contributed by atoms with Gasteiger partial charge in [0.25, 0.3) is 15.9 Å². The van der Waals surface area contributed by atoms with E-state index in [4.69, 9.17) is 9.47 Å². The van der Waals surface area contributed by atoms with E-state index in [1.54, 1.807) is 50.9 Å². The average molecular weight is 536 g/mol. The lowest BCUT2D eigenvalue weighted by Gasteiger charge is -2.35. The van der Waals surface area contributed by atoms with Crippen molar-refractivity contribution in [3.63, 3.8) is 0 Å². The summed E-state index contributed by atoms with van der Waals surface area (Å²) in [6.45, 7) is 5.93. The maximum atomic E-state index is 13.6. The number of likely N-dealkylation sites (N-methyl/N-ethyl adjacent to an activating group) is 1. The number of benzene rings is 1. The molecule has 0 aliphatic carbocycles.